The second kappa shape index (κ2) is 5.18. The van der Waals surface area contributed by atoms with Crippen LogP contribution in [-0.2, 0) is 5.54 Å². The lowest BCUT2D eigenvalue weighted by atomic mass is 10.1. The van der Waals surface area contributed by atoms with Gasteiger partial charge >= 0.3 is 0 Å². The average molecular weight is 341 g/mol. The van der Waals surface area contributed by atoms with Gasteiger partial charge in [0.15, 0.2) is 0 Å². The van der Waals surface area contributed by atoms with Gasteiger partial charge in [-0.2, -0.15) is 0 Å². The summed E-state index contributed by atoms with van der Waals surface area (Å²) >= 11 is 0. The highest BCUT2D eigenvalue weighted by Crippen LogP contribution is 2.37. The first kappa shape index (κ1) is 15.1. The third-order valence-corrected chi connectivity index (χ3v) is 4.75. The third-order valence-electron chi connectivity index (χ3n) is 4.75. The number of hydrogen-bond acceptors (Lipinski definition) is 3. The number of benzene rings is 2. The lowest BCUT2D eigenvalue weighted by Gasteiger charge is -2.24. The predicted octanol–water partition coefficient (Wildman–Crippen LogP) is 5.75. The average Bonchev–Trinajstić information content (AvgIpc) is 3.19. The van der Waals surface area contributed by atoms with Crippen molar-refractivity contribution in [2.45, 2.75) is 26.3 Å². The summed E-state index contributed by atoms with van der Waals surface area (Å²) in [7, 11) is 0. The maximum absolute atomic E-state index is 6.14. The van der Waals surface area contributed by atoms with Gasteiger partial charge in [-0.05, 0) is 51.1 Å². The van der Waals surface area contributed by atoms with Crippen molar-refractivity contribution < 1.29 is 4.42 Å². The zero-order chi connectivity index (χ0) is 17.9. The van der Waals surface area contributed by atoms with Crippen LogP contribution in [0.25, 0.3) is 44.5 Å². The molecule has 0 aliphatic carbocycles. The number of fused-ring (bicyclic) bond motifs is 4. The molecule has 0 spiro atoms. The number of furan rings is 1. The Kier molecular flexibility index (Phi) is 3.02. The number of pyridine rings is 1. The summed E-state index contributed by atoms with van der Waals surface area (Å²) < 4.78 is 8.43. The second-order valence-electron chi connectivity index (χ2n) is 7.57. The molecule has 128 valence electrons. The standard InChI is InChI=1S/C22H19N3O/c1-22(2,3)25-18-12-5-4-11-17(18)24-20(25)16-9-6-8-14-15-10-7-13-23-21(15)26-19(14)16/h4-13H,1-3H3. The van der Waals surface area contributed by atoms with E-state index in [-0.39, 0.29) is 5.54 Å². The molecule has 0 N–H and O–H groups in total. The van der Waals surface area contributed by atoms with Crippen LogP contribution in [0.2, 0.25) is 0 Å². The lowest BCUT2D eigenvalue weighted by Crippen LogP contribution is -2.22. The van der Waals surface area contributed by atoms with Gasteiger partial charge in [-0.3, -0.25) is 0 Å². The van der Waals surface area contributed by atoms with Gasteiger partial charge < -0.3 is 8.98 Å². The van der Waals surface area contributed by atoms with Crippen molar-refractivity contribution >= 4 is 33.1 Å². The molecule has 3 aromatic heterocycles. The monoisotopic (exact) mass is 341 g/mol. The zero-order valence-corrected chi connectivity index (χ0v) is 15.0. The molecule has 5 aromatic rings. The highest BCUT2D eigenvalue weighted by molar-refractivity contribution is 6.08. The van der Waals surface area contributed by atoms with Crippen LogP contribution in [0, 0.1) is 0 Å². The summed E-state index contributed by atoms with van der Waals surface area (Å²) in [4.78, 5) is 9.33. The zero-order valence-electron chi connectivity index (χ0n) is 15.0. The van der Waals surface area contributed by atoms with E-state index < -0.39 is 0 Å². The maximum atomic E-state index is 6.14. The molecule has 0 radical (unpaired) electrons. The summed E-state index contributed by atoms with van der Waals surface area (Å²) in [5.74, 6) is 0.920. The molecule has 4 heteroatoms. The Balaban J connectivity index is 1.92. The van der Waals surface area contributed by atoms with Crippen molar-refractivity contribution in [2.75, 3.05) is 0 Å². The van der Waals surface area contributed by atoms with Crippen LogP contribution in [0.3, 0.4) is 0 Å². The highest BCUT2D eigenvalue weighted by atomic mass is 16.3. The molecule has 0 bridgehead atoms. The molecule has 4 nitrogen and oxygen atoms in total. The minimum Gasteiger partial charge on any atom is -0.437 e. The van der Waals surface area contributed by atoms with Crippen LogP contribution in [0.5, 0.6) is 0 Å². The van der Waals surface area contributed by atoms with E-state index in [4.69, 9.17) is 9.40 Å². The van der Waals surface area contributed by atoms with Crippen LogP contribution in [-0.4, -0.2) is 14.5 Å². The van der Waals surface area contributed by atoms with E-state index in [2.05, 4.69) is 66.7 Å². The first-order valence-corrected chi connectivity index (χ1v) is 8.78. The predicted molar refractivity (Wildman–Crippen MR) is 105 cm³/mol. The quantitative estimate of drug-likeness (QED) is 0.390. The molecule has 0 saturated carbocycles. The van der Waals surface area contributed by atoms with Gasteiger partial charge in [0.25, 0.3) is 0 Å². The number of nitrogens with zero attached hydrogens (tertiary/aromatic N) is 3. The summed E-state index contributed by atoms with van der Waals surface area (Å²) in [6.07, 6.45) is 1.76. The Bertz CT molecular complexity index is 1270. The first-order chi connectivity index (χ1) is 12.5. The largest absolute Gasteiger partial charge is 0.437 e. The Morgan fingerprint density at radius 2 is 1.69 bits per heavy atom. The van der Waals surface area contributed by atoms with E-state index in [1.54, 1.807) is 6.20 Å². The Hall–Kier alpha value is -3.14. The summed E-state index contributed by atoms with van der Waals surface area (Å²) in [5.41, 5.74) is 4.49. The third kappa shape index (κ3) is 2.08. The van der Waals surface area contributed by atoms with Crippen LogP contribution < -0.4 is 0 Å². The van der Waals surface area contributed by atoms with Crippen LogP contribution >= 0.6 is 0 Å². The molecule has 0 unspecified atom stereocenters. The van der Waals surface area contributed by atoms with E-state index in [9.17, 15) is 0 Å². The molecule has 2 aromatic carbocycles. The smallest absolute Gasteiger partial charge is 0.227 e. The van der Waals surface area contributed by atoms with Crippen molar-refractivity contribution in [1.82, 2.24) is 14.5 Å². The van der Waals surface area contributed by atoms with Crippen molar-refractivity contribution in [3.05, 3.63) is 60.8 Å². The SMILES string of the molecule is CC(C)(C)n1c(-c2cccc3c2oc2ncccc23)nc2ccccc21. The molecule has 26 heavy (non-hydrogen) atoms. The number of rotatable bonds is 1. The Labute approximate surface area is 151 Å². The summed E-state index contributed by atoms with van der Waals surface area (Å²) in [6, 6.07) is 18.5. The van der Waals surface area contributed by atoms with Crippen molar-refractivity contribution in [3.63, 3.8) is 0 Å². The fourth-order valence-electron chi connectivity index (χ4n) is 3.69. The van der Waals surface area contributed by atoms with Crippen LogP contribution in [0.1, 0.15) is 20.8 Å². The van der Waals surface area contributed by atoms with Gasteiger partial charge in [-0.25, -0.2) is 9.97 Å². The Morgan fingerprint density at radius 1 is 0.885 bits per heavy atom. The topological polar surface area (TPSA) is 43.9 Å². The molecule has 0 aliphatic rings. The minimum atomic E-state index is -0.113. The van der Waals surface area contributed by atoms with E-state index in [0.717, 1.165) is 38.8 Å². The fourth-order valence-corrected chi connectivity index (χ4v) is 3.69. The first-order valence-electron chi connectivity index (χ1n) is 8.78. The molecular formula is C22H19N3O. The summed E-state index contributed by atoms with van der Waals surface area (Å²) in [6.45, 7) is 6.60. The van der Waals surface area contributed by atoms with Gasteiger partial charge in [0.2, 0.25) is 5.71 Å². The number of para-hydroxylation sites is 3. The molecule has 0 atom stereocenters. The van der Waals surface area contributed by atoms with Gasteiger partial charge in [0.05, 0.1) is 16.6 Å². The lowest BCUT2D eigenvalue weighted by molar-refractivity contribution is 0.413. The van der Waals surface area contributed by atoms with Crippen molar-refractivity contribution in [2.24, 2.45) is 0 Å². The van der Waals surface area contributed by atoms with Gasteiger partial charge in [0.1, 0.15) is 11.4 Å². The van der Waals surface area contributed by atoms with Gasteiger partial charge in [-0.15, -0.1) is 0 Å². The molecule has 0 fully saturated rings. The molecule has 3 heterocycles. The molecule has 5 rings (SSSR count). The van der Waals surface area contributed by atoms with Crippen LogP contribution in [0.4, 0.5) is 0 Å². The van der Waals surface area contributed by atoms with Crippen molar-refractivity contribution in [3.8, 4) is 11.4 Å². The number of aromatic nitrogens is 3. The van der Waals surface area contributed by atoms with Crippen LogP contribution in [0.15, 0.2) is 65.2 Å². The molecule has 0 amide bonds. The minimum absolute atomic E-state index is 0.113. The van der Waals surface area contributed by atoms with Gasteiger partial charge in [-0.1, -0.05) is 24.3 Å². The van der Waals surface area contributed by atoms with E-state index in [1.807, 2.05) is 18.2 Å². The molecule has 0 aliphatic heterocycles. The van der Waals surface area contributed by atoms with E-state index >= 15 is 0 Å². The number of hydrogen-bond donors (Lipinski definition) is 0. The molecular weight excluding hydrogens is 322 g/mol. The van der Waals surface area contributed by atoms with E-state index in [1.165, 1.54) is 0 Å². The fraction of sp³-hybridized carbons (Fsp3) is 0.182. The highest BCUT2D eigenvalue weighted by Gasteiger charge is 2.24. The summed E-state index contributed by atoms with van der Waals surface area (Å²) in [5, 5.41) is 2.10. The number of imidazole rings is 1. The normalized spacial score (nSPS) is 12.4. The van der Waals surface area contributed by atoms with Crippen molar-refractivity contribution in [1.29, 1.82) is 0 Å². The van der Waals surface area contributed by atoms with Gasteiger partial charge in [0, 0.05) is 22.5 Å². The maximum Gasteiger partial charge on any atom is 0.227 e. The second-order valence-corrected chi connectivity index (χ2v) is 7.57. The Morgan fingerprint density at radius 3 is 2.54 bits per heavy atom. The van der Waals surface area contributed by atoms with E-state index in [0.29, 0.717) is 5.71 Å². The molecule has 0 saturated heterocycles.